The number of H-pyrrole nitrogens is 1. The second-order valence-corrected chi connectivity index (χ2v) is 5.36. The van der Waals surface area contributed by atoms with Crippen LogP contribution in [0.3, 0.4) is 0 Å². The minimum absolute atomic E-state index is 0.0726. The number of carboxylic acids is 1. The van der Waals surface area contributed by atoms with Crippen LogP contribution < -0.4 is 4.74 Å². The fourth-order valence-corrected chi connectivity index (χ4v) is 2.93. The van der Waals surface area contributed by atoms with Gasteiger partial charge in [0.2, 0.25) is 0 Å². The van der Waals surface area contributed by atoms with E-state index in [0.717, 1.165) is 32.5 Å². The molecule has 106 valence electrons. The van der Waals surface area contributed by atoms with Crippen LogP contribution in [0.15, 0.2) is 10.5 Å². The summed E-state index contributed by atoms with van der Waals surface area (Å²) in [6, 6.07) is 1.54. The van der Waals surface area contributed by atoms with Crippen LogP contribution in [0.2, 0.25) is 0 Å². The van der Waals surface area contributed by atoms with Crippen molar-refractivity contribution in [1.29, 1.82) is 0 Å². The van der Waals surface area contributed by atoms with Crippen molar-refractivity contribution < 1.29 is 14.6 Å². The molecule has 20 heavy (non-hydrogen) atoms. The standard InChI is InChI=1S/C14H15BrN2O3/c1-6-7(2)13(20-4)12(15)8(3)11(6)9-5-10(14(18)19)17-16-9/h5H,1-4H3,(H,16,17)(H,18,19). The predicted octanol–water partition coefficient (Wildman–Crippen LogP) is 3.47. The summed E-state index contributed by atoms with van der Waals surface area (Å²) in [6.45, 7) is 5.89. The molecule has 0 radical (unpaired) electrons. The van der Waals surface area contributed by atoms with E-state index in [1.54, 1.807) is 7.11 Å². The number of ether oxygens (including phenoxy) is 1. The number of hydrogen-bond acceptors (Lipinski definition) is 3. The van der Waals surface area contributed by atoms with Crippen LogP contribution in [-0.4, -0.2) is 28.4 Å². The Balaban J connectivity index is 2.71. The Bertz CT molecular complexity index is 663. The van der Waals surface area contributed by atoms with E-state index in [-0.39, 0.29) is 5.69 Å². The Labute approximate surface area is 125 Å². The maximum Gasteiger partial charge on any atom is 0.353 e. The van der Waals surface area contributed by atoms with E-state index in [0.29, 0.717) is 5.69 Å². The van der Waals surface area contributed by atoms with E-state index in [1.165, 1.54) is 6.07 Å². The first-order chi connectivity index (χ1) is 9.38. The van der Waals surface area contributed by atoms with E-state index in [2.05, 4.69) is 26.1 Å². The van der Waals surface area contributed by atoms with Gasteiger partial charge in [-0.05, 0) is 59.5 Å². The van der Waals surface area contributed by atoms with Crippen LogP contribution in [0, 0.1) is 20.8 Å². The normalized spacial score (nSPS) is 10.7. The quantitative estimate of drug-likeness (QED) is 0.898. The number of carboxylic acid groups (broad SMARTS) is 1. The molecule has 0 fully saturated rings. The van der Waals surface area contributed by atoms with Gasteiger partial charge in [-0.2, -0.15) is 5.10 Å². The highest BCUT2D eigenvalue weighted by Crippen LogP contribution is 2.40. The summed E-state index contributed by atoms with van der Waals surface area (Å²) in [5.74, 6) is -0.235. The van der Waals surface area contributed by atoms with Crippen LogP contribution in [0.1, 0.15) is 27.2 Å². The zero-order chi connectivity index (χ0) is 15.0. The number of benzene rings is 1. The van der Waals surface area contributed by atoms with Crippen LogP contribution in [0.5, 0.6) is 5.75 Å². The monoisotopic (exact) mass is 338 g/mol. The molecular weight excluding hydrogens is 324 g/mol. The average Bonchev–Trinajstić information content (AvgIpc) is 2.87. The van der Waals surface area contributed by atoms with E-state index in [9.17, 15) is 4.79 Å². The average molecular weight is 339 g/mol. The van der Waals surface area contributed by atoms with Crippen molar-refractivity contribution in [3.05, 3.63) is 32.9 Å². The second kappa shape index (κ2) is 5.28. The number of carbonyl (C=O) groups is 1. The van der Waals surface area contributed by atoms with Crippen molar-refractivity contribution in [3.63, 3.8) is 0 Å². The Hall–Kier alpha value is -1.82. The highest BCUT2D eigenvalue weighted by Gasteiger charge is 2.20. The van der Waals surface area contributed by atoms with Gasteiger partial charge in [-0.25, -0.2) is 4.79 Å². The Morgan fingerprint density at radius 1 is 1.30 bits per heavy atom. The summed E-state index contributed by atoms with van der Waals surface area (Å²) in [5.41, 5.74) is 4.59. The number of rotatable bonds is 3. The lowest BCUT2D eigenvalue weighted by molar-refractivity contribution is 0.0690. The van der Waals surface area contributed by atoms with Crippen molar-refractivity contribution >= 4 is 21.9 Å². The molecule has 0 aliphatic carbocycles. The van der Waals surface area contributed by atoms with E-state index in [4.69, 9.17) is 9.84 Å². The highest BCUT2D eigenvalue weighted by molar-refractivity contribution is 9.10. The Morgan fingerprint density at radius 2 is 1.95 bits per heavy atom. The molecular formula is C14H15BrN2O3. The van der Waals surface area contributed by atoms with Gasteiger partial charge in [0.25, 0.3) is 0 Å². The molecule has 0 bridgehead atoms. The molecule has 1 heterocycles. The fourth-order valence-electron chi connectivity index (χ4n) is 2.27. The second-order valence-electron chi connectivity index (χ2n) is 4.57. The zero-order valence-electron chi connectivity index (χ0n) is 11.7. The third-order valence-electron chi connectivity index (χ3n) is 3.45. The van der Waals surface area contributed by atoms with Gasteiger partial charge in [0.1, 0.15) is 11.4 Å². The molecule has 0 spiro atoms. The van der Waals surface area contributed by atoms with Gasteiger partial charge < -0.3 is 9.84 Å². The summed E-state index contributed by atoms with van der Waals surface area (Å²) in [4.78, 5) is 10.9. The number of halogens is 1. The van der Waals surface area contributed by atoms with Crippen molar-refractivity contribution in [3.8, 4) is 17.0 Å². The molecule has 0 atom stereocenters. The Kier molecular flexibility index (Phi) is 3.85. The summed E-state index contributed by atoms with van der Waals surface area (Å²) in [5, 5.41) is 15.6. The number of hydrogen-bond donors (Lipinski definition) is 2. The first-order valence-corrected chi connectivity index (χ1v) is 6.80. The minimum atomic E-state index is -1.02. The molecule has 0 saturated heterocycles. The van der Waals surface area contributed by atoms with Crippen LogP contribution in [0.4, 0.5) is 0 Å². The van der Waals surface area contributed by atoms with E-state index in [1.807, 2.05) is 20.8 Å². The largest absolute Gasteiger partial charge is 0.495 e. The number of aromatic amines is 1. The van der Waals surface area contributed by atoms with Gasteiger partial charge in [0.15, 0.2) is 0 Å². The molecule has 1 aromatic heterocycles. The molecule has 6 heteroatoms. The summed E-state index contributed by atoms with van der Waals surface area (Å²) < 4.78 is 6.26. The number of aromatic nitrogens is 2. The molecule has 2 aromatic rings. The zero-order valence-corrected chi connectivity index (χ0v) is 13.3. The molecule has 0 amide bonds. The third-order valence-corrected chi connectivity index (χ3v) is 4.41. The van der Waals surface area contributed by atoms with Crippen molar-refractivity contribution in [2.45, 2.75) is 20.8 Å². The van der Waals surface area contributed by atoms with Gasteiger partial charge in [-0.3, -0.25) is 5.10 Å². The van der Waals surface area contributed by atoms with Crippen LogP contribution in [-0.2, 0) is 0 Å². The third kappa shape index (κ3) is 2.20. The van der Waals surface area contributed by atoms with Crippen molar-refractivity contribution in [2.75, 3.05) is 7.11 Å². The fraction of sp³-hybridized carbons (Fsp3) is 0.286. The van der Waals surface area contributed by atoms with Crippen LogP contribution >= 0.6 is 15.9 Å². The maximum atomic E-state index is 10.9. The molecule has 1 aromatic carbocycles. The lowest BCUT2D eigenvalue weighted by Crippen LogP contribution is -1.98. The van der Waals surface area contributed by atoms with Gasteiger partial charge in [-0.1, -0.05) is 0 Å². The molecule has 0 aliphatic heterocycles. The number of nitrogens with one attached hydrogen (secondary N) is 1. The lowest BCUT2D eigenvalue weighted by Gasteiger charge is -2.17. The summed E-state index contributed by atoms with van der Waals surface area (Å²) in [7, 11) is 1.63. The number of nitrogens with zero attached hydrogens (tertiary/aromatic N) is 1. The first kappa shape index (κ1) is 14.6. The maximum absolute atomic E-state index is 10.9. The van der Waals surface area contributed by atoms with E-state index >= 15 is 0 Å². The summed E-state index contributed by atoms with van der Waals surface area (Å²) >= 11 is 3.53. The van der Waals surface area contributed by atoms with Gasteiger partial charge in [0, 0.05) is 5.56 Å². The molecule has 5 nitrogen and oxygen atoms in total. The molecule has 2 N–H and O–H groups in total. The lowest BCUT2D eigenvalue weighted by atomic mass is 9.95. The predicted molar refractivity (Wildman–Crippen MR) is 79.4 cm³/mol. The highest BCUT2D eigenvalue weighted by atomic mass is 79.9. The van der Waals surface area contributed by atoms with Gasteiger partial charge in [-0.15, -0.1) is 0 Å². The number of aromatic carboxylic acids is 1. The molecule has 0 saturated carbocycles. The summed E-state index contributed by atoms with van der Waals surface area (Å²) in [6.07, 6.45) is 0. The van der Waals surface area contributed by atoms with E-state index < -0.39 is 5.97 Å². The number of methoxy groups -OCH3 is 1. The molecule has 2 rings (SSSR count). The van der Waals surface area contributed by atoms with Gasteiger partial charge >= 0.3 is 5.97 Å². The minimum Gasteiger partial charge on any atom is -0.495 e. The van der Waals surface area contributed by atoms with Crippen molar-refractivity contribution in [1.82, 2.24) is 10.2 Å². The van der Waals surface area contributed by atoms with Crippen LogP contribution in [0.25, 0.3) is 11.3 Å². The molecule has 0 aliphatic rings. The van der Waals surface area contributed by atoms with Gasteiger partial charge in [0.05, 0.1) is 17.3 Å². The topological polar surface area (TPSA) is 75.2 Å². The Morgan fingerprint density at radius 3 is 2.45 bits per heavy atom. The first-order valence-electron chi connectivity index (χ1n) is 6.00. The van der Waals surface area contributed by atoms with Crippen molar-refractivity contribution in [2.24, 2.45) is 0 Å². The molecule has 0 unspecified atom stereocenters. The smallest absolute Gasteiger partial charge is 0.353 e. The SMILES string of the molecule is COc1c(C)c(C)c(-c2cc(C(=O)O)[nH]n2)c(C)c1Br.